The van der Waals surface area contributed by atoms with E-state index in [1.165, 1.54) is 11.3 Å². The Balaban J connectivity index is 2.36. The van der Waals surface area contributed by atoms with Gasteiger partial charge in [-0.2, -0.15) is 0 Å². The zero-order valence-electron chi connectivity index (χ0n) is 11.8. The molecule has 1 aromatic heterocycles. The molecule has 1 atom stereocenters. The van der Waals surface area contributed by atoms with Crippen molar-refractivity contribution in [2.45, 2.75) is 46.3 Å². The van der Waals surface area contributed by atoms with Crippen molar-refractivity contribution in [1.82, 2.24) is 10.3 Å². The Kier molecular flexibility index (Phi) is 6.97. The molecule has 0 fully saturated rings. The van der Waals surface area contributed by atoms with E-state index in [-0.39, 0.29) is 12.0 Å². The Morgan fingerprint density at radius 1 is 1.63 bits per heavy atom. The van der Waals surface area contributed by atoms with Crippen LogP contribution < -0.4 is 10.2 Å². The molecule has 5 nitrogen and oxygen atoms in total. The molecule has 1 amide bonds. The fraction of sp³-hybridized carbons (Fsp3) is 0.692. The van der Waals surface area contributed by atoms with Gasteiger partial charge in [0.15, 0.2) is 5.13 Å². The smallest absolute Gasteiger partial charge is 0.225 e. The first-order chi connectivity index (χ1) is 9.04. The molecule has 0 aliphatic rings. The van der Waals surface area contributed by atoms with Crippen LogP contribution in [-0.4, -0.2) is 35.2 Å². The summed E-state index contributed by atoms with van der Waals surface area (Å²) < 4.78 is 0. The van der Waals surface area contributed by atoms with Gasteiger partial charge in [-0.15, -0.1) is 11.3 Å². The molecule has 2 N–H and O–H groups in total. The lowest BCUT2D eigenvalue weighted by atomic mass is 10.2. The first kappa shape index (κ1) is 16.1. The second-order valence-corrected chi connectivity index (χ2v) is 5.39. The number of hydrogen-bond donors (Lipinski definition) is 2. The Morgan fingerprint density at radius 3 is 2.95 bits per heavy atom. The van der Waals surface area contributed by atoms with E-state index in [0.717, 1.165) is 30.2 Å². The van der Waals surface area contributed by atoms with Crippen LogP contribution in [0.3, 0.4) is 0 Å². The molecule has 108 valence electrons. The maximum Gasteiger partial charge on any atom is 0.225 e. The van der Waals surface area contributed by atoms with Gasteiger partial charge >= 0.3 is 0 Å². The van der Waals surface area contributed by atoms with E-state index in [4.69, 9.17) is 5.11 Å². The number of rotatable bonds is 8. The molecule has 1 rings (SSSR count). The number of nitrogens with one attached hydrogen (secondary N) is 1. The topological polar surface area (TPSA) is 65.5 Å². The van der Waals surface area contributed by atoms with Gasteiger partial charge < -0.3 is 10.4 Å². The second-order valence-electron chi connectivity index (χ2n) is 4.55. The standard InChI is InChI=1S/C13H23N3O2S/c1-4-16(11(3)18)13-15-12(9-19-13)8-14-7-5-6-10(2)17/h9-10,14,17H,4-8H2,1-3H3. The molecule has 0 radical (unpaired) electrons. The van der Waals surface area contributed by atoms with Crippen LogP contribution in [0.15, 0.2) is 5.38 Å². The lowest BCUT2D eigenvalue weighted by Crippen LogP contribution is -2.27. The Bertz CT molecular complexity index is 393. The number of nitrogens with zero attached hydrogens (tertiary/aromatic N) is 2. The number of amides is 1. The summed E-state index contributed by atoms with van der Waals surface area (Å²) in [7, 11) is 0. The molecule has 1 aromatic rings. The minimum Gasteiger partial charge on any atom is -0.393 e. The lowest BCUT2D eigenvalue weighted by molar-refractivity contribution is -0.116. The maximum absolute atomic E-state index is 11.4. The normalized spacial score (nSPS) is 12.4. The molecule has 0 aliphatic heterocycles. The largest absolute Gasteiger partial charge is 0.393 e. The molecule has 0 saturated carbocycles. The number of anilines is 1. The van der Waals surface area contributed by atoms with E-state index in [9.17, 15) is 4.79 Å². The van der Waals surface area contributed by atoms with Crippen molar-refractivity contribution in [3.05, 3.63) is 11.1 Å². The van der Waals surface area contributed by atoms with E-state index in [1.807, 2.05) is 12.3 Å². The third-order valence-corrected chi connectivity index (χ3v) is 3.66. The Hall–Kier alpha value is -0.980. The van der Waals surface area contributed by atoms with E-state index in [0.29, 0.717) is 13.1 Å². The predicted molar refractivity (Wildman–Crippen MR) is 78.4 cm³/mol. The molecular weight excluding hydrogens is 262 g/mol. The van der Waals surface area contributed by atoms with Crippen molar-refractivity contribution >= 4 is 22.4 Å². The highest BCUT2D eigenvalue weighted by Crippen LogP contribution is 2.20. The molecule has 1 unspecified atom stereocenters. The summed E-state index contributed by atoms with van der Waals surface area (Å²) in [6, 6.07) is 0. The molecule has 6 heteroatoms. The van der Waals surface area contributed by atoms with E-state index >= 15 is 0 Å². The van der Waals surface area contributed by atoms with Gasteiger partial charge in [0.2, 0.25) is 5.91 Å². The summed E-state index contributed by atoms with van der Waals surface area (Å²) in [6.07, 6.45) is 1.52. The highest BCUT2D eigenvalue weighted by atomic mass is 32.1. The molecule has 0 aromatic carbocycles. The average Bonchev–Trinajstić information content (AvgIpc) is 2.77. The van der Waals surface area contributed by atoms with Crippen LogP contribution in [0.25, 0.3) is 0 Å². The molecular formula is C13H23N3O2S. The van der Waals surface area contributed by atoms with Gasteiger partial charge in [0.25, 0.3) is 0 Å². The molecule has 1 heterocycles. The average molecular weight is 285 g/mol. The van der Waals surface area contributed by atoms with Gasteiger partial charge in [-0.1, -0.05) is 0 Å². The van der Waals surface area contributed by atoms with Crippen molar-refractivity contribution < 1.29 is 9.90 Å². The summed E-state index contributed by atoms with van der Waals surface area (Å²) in [5.74, 6) is 0.0216. The molecule has 0 bridgehead atoms. The first-order valence-corrected chi connectivity index (χ1v) is 7.53. The SMILES string of the molecule is CCN(C(C)=O)c1nc(CNCCCC(C)O)cs1. The summed E-state index contributed by atoms with van der Waals surface area (Å²) in [4.78, 5) is 17.5. The third-order valence-electron chi connectivity index (χ3n) is 2.75. The minimum atomic E-state index is -0.235. The highest BCUT2D eigenvalue weighted by molar-refractivity contribution is 7.14. The van der Waals surface area contributed by atoms with Crippen LogP contribution >= 0.6 is 11.3 Å². The van der Waals surface area contributed by atoms with Crippen LogP contribution in [0.4, 0.5) is 5.13 Å². The van der Waals surface area contributed by atoms with E-state index in [1.54, 1.807) is 18.7 Å². The van der Waals surface area contributed by atoms with Gasteiger partial charge in [-0.3, -0.25) is 9.69 Å². The monoisotopic (exact) mass is 285 g/mol. The minimum absolute atomic E-state index is 0.0216. The molecule has 0 saturated heterocycles. The number of carbonyl (C=O) groups excluding carboxylic acids is 1. The number of aromatic nitrogens is 1. The second kappa shape index (κ2) is 8.24. The fourth-order valence-electron chi connectivity index (χ4n) is 1.73. The van der Waals surface area contributed by atoms with Crippen molar-refractivity contribution in [1.29, 1.82) is 0 Å². The number of thiazole rings is 1. The Labute approximate surface area is 118 Å². The van der Waals surface area contributed by atoms with E-state index < -0.39 is 0 Å². The fourth-order valence-corrected chi connectivity index (χ4v) is 2.67. The number of aliphatic hydroxyl groups is 1. The van der Waals surface area contributed by atoms with Crippen LogP contribution in [0.2, 0.25) is 0 Å². The van der Waals surface area contributed by atoms with Crippen LogP contribution in [0.1, 0.15) is 39.3 Å². The number of aliphatic hydroxyl groups excluding tert-OH is 1. The van der Waals surface area contributed by atoms with Crippen LogP contribution in [0.5, 0.6) is 0 Å². The van der Waals surface area contributed by atoms with Crippen LogP contribution in [-0.2, 0) is 11.3 Å². The lowest BCUT2D eigenvalue weighted by Gasteiger charge is -2.14. The molecule has 19 heavy (non-hydrogen) atoms. The molecule has 0 aliphatic carbocycles. The van der Waals surface area contributed by atoms with Gasteiger partial charge in [0.1, 0.15) is 0 Å². The zero-order valence-corrected chi connectivity index (χ0v) is 12.7. The summed E-state index contributed by atoms with van der Waals surface area (Å²) in [5.41, 5.74) is 0.955. The predicted octanol–water partition coefficient (Wildman–Crippen LogP) is 1.77. The summed E-state index contributed by atoms with van der Waals surface area (Å²) in [5, 5.41) is 15.2. The summed E-state index contributed by atoms with van der Waals surface area (Å²) >= 11 is 1.49. The van der Waals surface area contributed by atoms with Crippen LogP contribution in [0, 0.1) is 0 Å². The first-order valence-electron chi connectivity index (χ1n) is 6.65. The van der Waals surface area contributed by atoms with E-state index in [2.05, 4.69) is 10.3 Å². The van der Waals surface area contributed by atoms with Crippen molar-refractivity contribution in [3.63, 3.8) is 0 Å². The molecule has 0 spiro atoms. The van der Waals surface area contributed by atoms with Gasteiger partial charge in [-0.05, 0) is 33.2 Å². The number of carbonyl (C=O) groups is 1. The quantitative estimate of drug-likeness (QED) is 0.714. The third kappa shape index (κ3) is 5.67. The highest BCUT2D eigenvalue weighted by Gasteiger charge is 2.12. The van der Waals surface area contributed by atoms with Gasteiger partial charge in [0.05, 0.1) is 11.8 Å². The maximum atomic E-state index is 11.4. The van der Waals surface area contributed by atoms with Crippen molar-refractivity contribution in [2.75, 3.05) is 18.0 Å². The van der Waals surface area contributed by atoms with Crippen molar-refractivity contribution in [3.8, 4) is 0 Å². The van der Waals surface area contributed by atoms with Gasteiger partial charge in [-0.25, -0.2) is 4.98 Å². The Morgan fingerprint density at radius 2 is 2.37 bits per heavy atom. The zero-order chi connectivity index (χ0) is 14.3. The number of hydrogen-bond acceptors (Lipinski definition) is 5. The van der Waals surface area contributed by atoms with Crippen molar-refractivity contribution in [2.24, 2.45) is 0 Å². The van der Waals surface area contributed by atoms with Gasteiger partial charge in [0, 0.05) is 25.4 Å². The summed E-state index contributed by atoms with van der Waals surface area (Å²) in [6.45, 7) is 7.50.